The van der Waals surface area contributed by atoms with Gasteiger partial charge in [-0.15, -0.1) is 0 Å². The summed E-state index contributed by atoms with van der Waals surface area (Å²) in [6, 6.07) is 17.1. The van der Waals surface area contributed by atoms with Gasteiger partial charge in [0.05, 0.1) is 0 Å². The maximum absolute atomic E-state index is 12.6. The summed E-state index contributed by atoms with van der Waals surface area (Å²) in [4.78, 5) is 40.5. The predicted molar refractivity (Wildman–Crippen MR) is 112 cm³/mol. The summed E-state index contributed by atoms with van der Waals surface area (Å²) in [5, 5.41) is 5.59. The second kappa shape index (κ2) is 8.93. The van der Waals surface area contributed by atoms with Gasteiger partial charge in [0.15, 0.2) is 5.78 Å². The number of pyridine rings is 1. The molecule has 0 aliphatic heterocycles. The monoisotopic (exact) mass is 387 g/mol. The fraction of sp³-hybridized carbons (Fsp3) is 0.130. The van der Waals surface area contributed by atoms with Crippen molar-refractivity contribution in [3.63, 3.8) is 0 Å². The first-order chi connectivity index (χ1) is 14.0. The fourth-order valence-corrected chi connectivity index (χ4v) is 2.82. The van der Waals surface area contributed by atoms with Crippen LogP contribution in [0.5, 0.6) is 0 Å². The summed E-state index contributed by atoms with van der Waals surface area (Å²) in [5.74, 6) is -0.797. The lowest BCUT2D eigenvalue weighted by molar-refractivity contribution is 0.100. The van der Waals surface area contributed by atoms with Crippen molar-refractivity contribution in [1.82, 2.24) is 4.98 Å². The van der Waals surface area contributed by atoms with E-state index in [9.17, 15) is 14.4 Å². The molecule has 6 nitrogen and oxygen atoms in total. The number of anilines is 2. The van der Waals surface area contributed by atoms with Crippen LogP contribution in [0.3, 0.4) is 0 Å². The van der Waals surface area contributed by atoms with E-state index in [4.69, 9.17) is 0 Å². The average Bonchev–Trinajstić information content (AvgIpc) is 2.74. The van der Waals surface area contributed by atoms with Gasteiger partial charge in [0.1, 0.15) is 5.69 Å². The third kappa shape index (κ3) is 4.93. The van der Waals surface area contributed by atoms with Gasteiger partial charge in [-0.3, -0.25) is 19.4 Å². The number of nitrogens with zero attached hydrogens (tertiary/aromatic N) is 1. The SMILES string of the molecule is CCc1ccccc1NC(=O)c1cc(C(=O)Nc2ccc(C(C)=O)cc2)ccn1. The summed E-state index contributed by atoms with van der Waals surface area (Å²) >= 11 is 0. The number of amides is 2. The second-order valence-electron chi connectivity index (χ2n) is 6.48. The number of aromatic nitrogens is 1. The molecule has 0 saturated carbocycles. The zero-order valence-electron chi connectivity index (χ0n) is 16.2. The number of aryl methyl sites for hydroxylation is 1. The summed E-state index contributed by atoms with van der Waals surface area (Å²) < 4.78 is 0. The van der Waals surface area contributed by atoms with Crippen LogP contribution < -0.4 is 10.6 Å². The van der Waals surface area contributed by atoms with Crippen molar-refractivity contribution < 1.29 is 14.4 Å². The topological polar surface area (TPSA) is 88.2 Å². The number of nitrogens with one attached hydrogen (secondary N) is 2. The van der Waals surface area contributed by atoms with Gasteiger partial charge in [-0.1, -0.05) is 25.1 Å². The molecule has 0 atom stereocenters. The number of para-hydroxylation sites is 1. The van der Waals surface area contributed by atoms with Gasteiger partial charge in [0, 0.05) is 28.7 Å². The van der Waals surface area contributed by atoms with Crippen LogP contribution in [-0.4, -0.2) is 22.6 Å². The van der Waals surface area contributed by atoms with Gasteiger partial charge in [-0.25, -0.2) is 0 Å². The maximum Gasteiger partial charge on any atom is 0.274 e. The highest BCUT2D eigenvalue weighted by Gasteiger charge is 2.13. The lowest BCUT2D eigenvalue weighted by atomic mass is 10.1. The molecule has 0 aliphatic carbocycles. The Kier molecular flexibility index (Phi) is 6.14. The van der Waals surface area contributed by atoms with Gasteiger partial charge in [0.2, 0.25) is 0 Å². The first-order valence-corrected chi connectivity index (χ1v) is 9.25. The molecule has 2 amide bonds. The fourth-order valence-electron chi connectivity index (χ4n) is 2.82. The van der Waals surface area contributed by atoms with E-state index >= 15 is 0 Å². The number of carbonyl (C=O) groups is 3. The Morgan fingerprint density at radius 3 is 2.28 bits per heavy atom. The molecule has 2 aromatic carbocycles. The standard InChI is InChI=1S/C23H21N3O3/c1-3-16-6-4-5-7-20(16)26-23(29)21-14-18(12-13-24-21)22(28)25-19-10-8-17(9-11-19)15(2)27/h4-14H,3H2,1-2H3,(H,25,28)(H,26,29). The molecule has 3 rings (SSSR count). The molecule has 146 valence electrons. The minimum absolute atomic E-state index is 0.0442. The van der Waals surface area contributed by atoms with E-state index in [2.05, 4.69) is 15.6 Å². The van der Waals surface area contributed by atoms with Crippen molar-refractivity contribution in [2.24, 2.45) is 0 Å². The third-order valence-electron chi connectivity index (χ3n) is 4.45. The molecule has 1 heterocycles. The van der Waals surface area contributed by atoms with Crippen LogP contribution >= 0.6 is 0 Å². The van der Waals surface area contributed by atoms with E-state index in [0.717, 1.165) is 17.7 Å². The Balaban J connectivity index is 1.73. The van der Waals surface area contributed by atoms with Crippen molar-refractivity contribution in [3.8, 4) is 0 Å². The van der Waals surface area contributed by atoms with Crippen LogP contribution in [0.1, 0.15) is 50.6 Å². The predicted octanol–water partition coefficient (Wildman–Crippen LogP) is 4.35. The van der Waals surface area contributed by atoms with Gasteiger partial charge < -0.3 is 10.6 Å². The van der Waals surface area contributed by atoms with Crippen LogP contribution in [0.4, 0.5) is 11.4 Å². The number of ketones is 1. The van der Waals surface area contributed by atoms with Gasteiger partial charge >= 0.3 is 0 Å². The average molecular weight is 387 g/mol. The lowest BCUT2D eigenvalue weighted by Crippen LogP contribution is -2.17. The first-order valence-electron chi connectivity index (χ1n) is 9.25. The molecule has 0 bridgehead atoms. The molecule has 0 fully saturated rings. The largest absolute Gasteiger partial charge is 0.322 e. The third-order valence-corrected chi connectivity index (χ3v) is 4.45. The molecule has 2 N–H and O–H groups in total. The highest BCUT2D eigenvalue weighted by atomic mass is 16.2. The normalized spacial score (nSPS) is 10.3. The second-order valence-corrected chi connectivity index (χ2v) is 6.48. The number of benzene rings is 2. The Hall–Kier alpha value is -3.80. The van der Waals surface area contributed by atoms with Crippen molar-refractivity contribution in [1.29, 1.82) is 0 Å². The summed E-state index contributed by atoms with van der Waals surface area (Å²) in [5.41, 5.74) is 3.32. The van der Waals surface area contributed by atoms with E-state index in [1.165, 1.54) is 25.3 Å². The van der Waals surface area contributed by atoms with Crippen molar-refractivity contribution >= 4 is 29.0 Å². The first kappa shape index (κ1) is 19.9. The van der Waals surface area contributed by atoms with Crippen LogP contribution in [0.25, 0.3) is 0 Å². The summed E-state index contributed by atoms with van der Waals surface area (Å²) in [6.45, 7) is 3.49. The molecule has 3 aromatic rings. The smallest absolute Gasteiger partial charge is 0.274 e. The molecule has 0 unspecified atom stereocenters. The van der Waals surface area contributed by atoms with Crippen LogP contribution in [-0.2, 0) is 6.42 Å². The van der Waals surface area contributed by atoms with E-state index in [1.54, 1.807) is 24.3 Å². The van der Waals surface area contributed by atoms with Crippen molar-refractivity contribution in [2.75, 3.05) is 10.6 Å². The zero-order chi connectivity index (χ0) is 20.8. The van der Waals surface area contributed by atoms with Crippen LogP contribution in [0.2, 0.25) is 0 Å². The molecular formula is C23H21N3O3. The van der Waals surface area contributed by atoms with E-state index in [1.807, 2.05) is 31.2 Å². The number of hydrogen-bond donors (Lipinski definition) is 2. The summed E-state index contributed by atoms with van der Waals surface area (Å²) in [7, 11) is 0. The van der Waals surface area contributed by atoms with Crippen LogP contribution in [0.15, 0.2) is 66.9 Å². The number of Topliss-reactive ketones (excluding diaryl/α,β-unsaturated/α-hetero) is 1. The molecule has 29 heavy (non-hydrogen) atoms. The van der Waals surface area contributed by atoms with Crippen molar-refractivity contribution in [3.05, 3.63) is 89.2 Å². The van der Waals surface area contributed by atoms with Crippen LogP contribution in [0, 0.1) is 0 Å². The molecule has 0 spiro atoms. The molecule has 0 saturated heterocycles. The minimum Gasteiger partial charge on any atom is -0.322 e. The Labute approximate surface area is 169 Å². The molecule has 0 aliphatic rings. The summed E-state index contributed by atoms with van der Waals surface area (Å²) in [6.07, 6.45) is 2.21. The quantitative estimate of drug-likeness (QED) is 0.616. The Bertz CT molecular complexity index is 1060. The molecule has 1 aromatic heterocycles. The zero-order valence-corrected chi connectivity index (χ0v) is 16.2. The highest BCUT2D eigenvalue weighted by Crippen LogP contribution is 2.17. The van der Waals surface area contributed by atoms with E-state index in [0.29, 0.717) is 16.8 Å². The Morgan fingerprint density at radius 1 is 0.862 bits per heavy atom. The Morgan fingerprint density at radius 2 is 1.59 bits per heavy atom. The molecular weight excluding hydrogens is 366 g/mol. The number of hydrogen-bond acceptors (Lipinski definition) is 4. The van der Waals surface area contributed by atoms with E-state index in [-0.39, 0.29) is 23.3 Å². The lowest BCUT2D eigenvalue weighted by Gasteiger charge is -2.10. The minimum atomic E-state index is -0.383. The van der Waals surface area contributed by atoms with Gasteiger partial charge in [0.25, 0.3) is 11.8 Å². The van der Waals surface area contributed by atoms with Crippen molar-refractivity contribution in [2.45, 2.75) is 20.3 Å². The van der Waals surface area contributed by atoms with Gasteiger partial charge in [-0.2, -0.15) is 0 Å². The molecule has 6 heteroatoms. The molecule has 0 radical (unpaired) electrons. The number of rotatable bonds is 6. The highest BCUT2D eigenvalue weighted by molar-refractivity contribution is 6.08. The number of carbonyl (C=O) groups excluding carboxylic acids is 3. The van der Waals surface area contributed by atoms with Gasteiger partial charge in [-0.05, 0) is 61.4 Å². The maximum atomic E-state index is 12.6. The van der Waals surface area contributed by atoms with E-state index < -0.39 is 0 Å².